The van der Waals surface area contributed by atoms with Crippen LogP contribution in [0.15, 0.2) is 6.33 Å². The van der Waals surface area contributed by atoms with Gasteiger partial charge in [0, 0.05) is 5.56 Å². The van der Waals surface area contributed by atoms with Crippen molar-refractivity contribution in [2.24, 2.45) is 0 Å². The average molecular weight is 236 g/mol. The molecular weight excluding hydrogens is 216 g/mol. The first-order valence-electron chi connectivity index (χ1n) is 6.19. The quantitative estimate of drug-likeness (QED) is 0.734. The number of hydrogen-bond donors (Lipinski definition) is 3. The van der Waals surface area contributed by atoms with Gasteiger partial charge in [0.1, 0.15) is 18.0 Å². The maximum absolute atomic E-state index is 9.57. The lowest BCUT2D eigenvalue weighted by Crippen LogP contribution is -2.39. The number of anilines is 2. The van der Waals surface area contributed by atoms with E-state index < -0.39 is 0 Å². The van der Waals surface area contributed by atoms with Crippen molar-refractivity contribution in [1.29, 1.82) is 0 Å². The van der Waals surface area contributed by atoms with Crippen molar-refractivity contribution < 1.29 is 5.11 Å². The highest BCUT2D eigenvalue weighted by Crippen LogP contribution is 2.33. The molecule has 1 saturated carbocycles. The van der Waals surface area contributed by atoms with E-state index in [1.165, 1.54) is 6.33 Å². The molecule has 1 aromatic rings. The van der Waals surface area contributed by atoms with Crippen molar-refractivity contribution in [2.75, 3.05) is 17.7 Å². The second kappa shape index (κ2) is 4.87. The van der Waals surface area contributed by atoms with Crippen LogP contribution in [0.3, 0.4) is 0 Å². The Balaban J connectivity index is 2.25. The summed E-state index contributed by atoms with van der Waals surface area (Å²) in [4.78, 5) is 8.25. The van der Waals surface area contributed by atoms with Gasteiger partial charge in [-0.15, -0.1) is 0 Å². The third kappa shape index (κ3) is 2.34. The van der Waals surface area contributed by atoms with Gasteiger partial charge >= 0.3 is 0 Å². The summed E-state index contributed by atoms with van der Waals surface area (Å²) < 4.78 is 0. The van der Waals surface area contributed by atoms with Gasteiger partial charge in [-0.2, -0.15) is 0 Å². The molecule has 1 aliphatic carbocycles. The molecule has 0 atom stereocenters. The van der Waals surface area contributed by atoms with Crippen LogP contribution in [-0.2, 0) is 6.42 Å². The zero-order valence-corrected chi connectivity index (χ0v) is 10.2. The lowest BCUT2D eigenvalue weighted by Gasteiger charge is -2.29. The number of aromatic nitrogens is 2. The summed E-state index contributed by atoms with van der Waals surface area (Å²) in [5.74, 6) is 1.30. The van der Waals surface area contributed by atoms with E-state index in [9.17, 15) is 5.11 Å². The van der Waals surface area contributed by atoms with Gasteiger partial charge in [-0.3, -0.25) is 0 Å². The van der Waals surface area contributed by atoms with E-state index in [-0.39, 0.29) is 12.1 Å². The zero-order chi connectivity index (χ0) is 12.3. The first-order valence-corrected chi connectivity index (χ1v) is 6.19. The van der Waals surface area contributed by atoms with Crippen molar-refractivity contribution >= 4 is 11.6 Å². The van der Waals surface area contributed by atoms with Crippen LogP contribution < -0.4 is 11.1 Å². The Morgan fingerprint density at radius 2 is 2.12 bits per heavy atom. The summed E-state index contributed by atoms with van der Waals surface area (Å²) in [7, 11) is 0. The van der Waals surface area contributed by atoms with Gasteiger partial charge in [0.25, 0.3) is 0 Å². The van der Waals surface area contributed by atoms with Crippen molar-refractivity contribution in [1.82, 2.24) is 9.97 Å². The summed E-state index contributed by atoms with van der Waals surface area (Å²) >= 11 is 0. The topological polar surface area (TPSA) is 84.1 Å². The van der Waals surface area contributed by atoms with E-state index >= 15 is 0 Å². The first-order chi connectivity index (χ1) is 8.21. The Morgan fingerprint density at radius 1 is 1.41 bits per heavy atom. The smallest absolute Gasteiger partial charge is 0.135 e. The van der Waals surface area contributed by atoms with Gasteiger partial charge in [-0.05, 0) is 19.3 Å². The molecule has 0 aliphatic heterocycles. The molecule has 0 amide bonds. The van der Waals surface area contributed by atoms with Gasteiger partial charge in [0.2, 0.25) is 0 Å². The number of nitrogen functional groups attached to an aromatic ring is 1. The van der Waals surface area contributed by atoms with Crippen LogP contribution in [-0.4, -0.2) is 27.2 Å². The Kier molecular flexibility index (Phi) is 3.47. The molecule has 0 unspecified atom stereocenters. The highest BCUT2D eigenvalue weighted by Gasteiger charge is 2.34. The molecule has 2 rings (SSSR count). The van der Waals surface area contributed by atoms with Crippen LogP contribution in [0.5, 0.6) is 0 Å². The van der Waals surface area contributed by atoms with E-state index in [0.717, 1.165) is 43.5 Å². The second-order valence-electron chi connectivity index (χ2n) is 4.71. The van der Waals surface area contributed by atoms with E-state index in [2.05, 4.69) is 15.3 Å². The maximum Gasteiger partial charge on any atom is 0.135 e. The molecule has 1 aromatic heterocycles. The van der Waals surface area contributed by atoms with Gasteiger partial charge < -0.3 is 16.2 Å². The van der Waals surface area contributed by atoms with E-state index in [1.807, 2.05) is 6.92 Å². The fourth-order valence-corrected chi connectivity index (χ4v) is 2.51. The molecule has 1 fully saturated rings. The molecule has 0 bridgehead atoms. The molecule has 94 valence electrons. The average Bonchev–Trinajstić information content (AvgIpc) is 2.79. The molecular formula is C12H20N4O. The molecule has 0 saturated heterocycles. The maximum atomic E-state index is 9.57. The largest absolute Gasteiger partial charge is 0.394 e. The van der Waals surface area contributed by atoms with Crippen molar-refractivity contribution in [3.8, 4) is 0 Å². The van der Waals surface area contributed by atoms with Gasteiger partial charge in [0.15, 0.2) is 0 Å². The molecule has 1 aliphatic rings. The van der Waals surface area contributed by atoms with Crippen LogP contribution in [0.2, 0.25) is 0 Å². The fourth-order valence-electron chi connectivity index (χ4n) is 2.51. The lowest BCUT2D eigenvalue weighted by atomic mass is 9.98. The third-order valence-electron chi connectivity index (χ3n) is 3.58. The summed E-state index contributed by atoms with van der Waals surface area (Å²) in [5.41, 5.74) is 6.56. The van der Waals surface area contributed by atoms with E-state index in [1.54, 1.807) is 0 Å². The highest BCUT2D eigenvalue weighted by atomic mass is 16.3. The zero-order valence-electron chi connectivity index (χ0n) is 10.2. The molecule has 5 heteroatoms. The van der Waals surface area contributed by atoms with Crippen LogP contribution in [0.25, 0.3) is 0 Å². The van der Waals surface area contributed by atoms with E-state index in [0.29, 0.717) is 5.82 Å². The van der Waals surface area contributed by atoms with Gasteiger partial charge in [0.05, 0.1) is 12.1 Å². The summed E-state index contributed by atoms with van der Waals surface area (Å²) in [6.07, 6.45) is 6.52. The summed E-state index contributed by atoms with van der Waals surface area (Å²) in [5, 5.41) is 13.0. The van der Waals surface area contributed by atoms with Crippen molar-refractivity contribution in [2.45, 2.75) is 44.6 Å². The number of nitrogens with zero attached hydrogens (tertiary/aromatic N) is 2. The molecule has 1 heterocycles. The molecule has 17 heavy (non-hydrogen) atoms. The van der Waals surface area contributed by atoms with Gasteiger partial charge in [-0.1, -0.05) is 19.8 Å². The Morgan fingerprint density at radius 3 is 2.71 bits per heavy atom. The number of nitrogens with two attached hydrogens (primary N) is 1. The molecule has 0 aromatic carbocycles. The van der Waals surface area contributed by atoms with E-state index in [4.69, 9.17) is 5.73 Å². The Bertz CT molecular complexity index is 388. The van der Waals surface area contributed by atoms with Crippen LogP contribution in [0.4, 0.5) is 11.6 Å². The number of aliphatic hydroxyl groups excluding tert-OH is 1. The fraction of sp³-hybridized carbons (Fsp3) is 0.667. The number of rotatable bonds is 4. The Hall–Kier alpha value is -1.36. The highest BCUT2D eigenvalue weighted by molar-refractivity contribution is 5.56. The molecule has 0 radical (unpaired) electrons. The minimum Gasteiger partial charge on any atom is -0.394 e. The number of hydrogen-bond acceptors (Lipinski definition) is 5. The molecule has 4 N–H and O–H groups in total. The van der Waals surface area contributed by atoms with Crippen molar-refractivity contribution in [3.63, 3.8) is 0 Å². The summed E-state index contributed by atoms with van der Waals surface area (Å²) in [6.45, 7) is 2.17. The van der Waals surface area contributed by atoms with Crippen LogP contribution in [0, 0.1) is 0 Å². The van der Waals surface area contributed by atoms with Crippen LogP contribution >= 0.6 is 0 Å². The predicted molar refractivity (Wildman–Crippen MR) is 67.7 cm³/mol. The number of aliphatic hydroxyl groups is 1. The standard InChI is InChI=1S/C12H20N4O/c1-2-9-10(13)14-8-15-11(9)16-12(7-17)5-3-4-6-12/h8,17H,2-7H2,1H3,(H3,13,14,15,16). The molecule has 5 nitrogen and oxygen atoms in total. The normalized spacial score (nSPS) is 18.2. The third-order valence-corrected chi connectivity index (χ3v) is 3.58. The van der Waals surface area contributed by atoms with Crippen LogP contribution in [0.1, 0.15) is 38.2 Å². The predicted octanol–water partition coefficient (Wildman–Crippen LogP) is 1.34. The van der Waals surface area contributed by atoms with Crippen molar-refractivity contribution in [3.05, 3.63) is 11.9 Å². The summed E-state index contributed by atoms with van der Waals surface area (Å²) in [6, 6.07) is 0. The monoisotopic (exact) mass is 236 g/mol. The second-order valence-corrected chi connectivity index (χ2v) is 4.71. The Labute approximate surface area is 101 Å². The minimum atomic E-state index is -0.218. The van der Waals surface area contributed by atoms with Gasteiger partial charge in [-0.25, -0.2) is 9.97 Å². The SMILES string of the molecule is CCc1c(N)ncnc1NC1(CO)CCCC1. The first kappa shape index (κ1) is 12.1. The molecule has 0 spiro atoms. The lowest BCUT2D eigenvalue weighted by molar-refractivity contribution is 0.213. The minimum absolute atomic E-state index is 0.139. The number of nitrogens with one attached hydrogen (secondary N) is 1.